The lowest BCUT2D eigenvalue weighted by Gasteiger charge is -2.15. The van der Waals surface area contributed by atoms with Crippen LogP contribution in [-0.4, -0.2) is 19.8 Å². The van der Waals surface area contributed by atoms with Crippen molar-refractivity contribution < 1.29 is 12.8 Å². The van der Waals surface area contributed by atoms with Gasteiger partial charge in [-0.3, -0.25) is 0 Å². The van der Waals surface area contributed by atoms with Gasteiger partial charge in [-0.1, -0.05) is 18.2 Å². The lowest BCUT2D eigenvalue weighted by atomic mass is 10.2. The van der Waals surface area contributed by atoms with Crippen LogP contribution in [0.5, 0.6) is 0 Å². The van der Waals surface area contributed by atoms with E-state index in [9.17, 15) is 12.8 Å². The molecule has 0 N–H and O–H groups in total. The van der Waals surface area contributed by atoms with Crippen molar-refractivity contribution in [3.63, 3.8) is 0 Å². The molecule has 0 radical (unpaired) electrons. The zero-order valence-electron chi connectivity index (χ0n) is 9.71. The summed E-state index contributed by atoms with van der Waals surface area (Å²) >= 11 is 1.18. The minimum atomic E-state index is -3.45. The van der Waals surface area contributed by atoms with E-state index in [1.54, 1.807) is 29.6 Å². The van der Waals surface area contributed by atoms with Crippen molar-refractivity contribution in [1.82, 2.24) is 4.31 Å². The normalized spacial score (nSPS) is 11.9. The number of sulfonamides is 1. The van der Waals surface area contributed by atoms with Crippen LogP contribution >= 0.6 is 11.3 Å². The third kappa shape index (κ3) is 2.77. The van der Waals surface area contributed by atoms with Crippen LogP contribution in [0.1, 0.15) is 5.56 Å². The number of halogens is 1. The predicted octanol–water partition coefficient (Wildman–Crippen LogP) is 2.71. The Morgan fingerprint density at radius 3 is 2.44 bits per heavy atom. The van der Waals surface area contributed by atoms with E-state index < -0.39 is 10.0 Å². The van der Waals surface area contributed by atoms with E-state index in [1.165, 1.54) is 34.8 Å². The summed E-state index contributed by atoms with van der Waals surface area (Å²) < 4.78 is 38.6. The quantitative estimate of drug-likeness (QED) is 0.866. The van der Waals surface area contributed by atoms with E-state index in [0.717, 1.165) is 5.56 Å². The van der Waals surface area contributed by atoms with Gasteiger partial charge in [-0.2, -0.15) is 4.31 Å². The highest BCUT2D eigenvalue weighted by Gasteiger charge is 2.21. The Hall–Kier alpha value is -1.24. The number of hydrogen-bond acceptors (Lipinski definition) is 3. The fourth-order valence-electron chi connectivity index (χ4n) is 1.50. The average molecular weight is 285 g/mol. The molecule has 0 aliphatic carbocycles. The molecule has 0 saturated carbocycles. The number of hydrogen-bond donors (Lipinski definition) is 0. The van der Waals surface area contributed by atoms with Crippen molar-refractivity contribution in [3.05, 3.63) is 53.2 Å². The SMILES string of the molecule is CN(Cc1ccc(F)cc1)S(=O)(=O)c1cccs1. The summed E-state index contributed by atoms with van der Waals surface area (Å²) in [6.07, 6.45) is 0. The van der Waals surface area contributed by atoms with Crippen molar-refractivity contribution in [1.29, 1.82) is 0 Å². The highest BCUT2D eigenvalue weighted by molar-refractivity contribution is 7.91. The van der Waals surface area contributed by atoms with Gasteiger partial charge in [0.1, 0.15) is 10.0 Å². The summed E-state index contributed by atoms with van der Waals surface area (Å²) in [7, 11) is -1.93. The molecule has 6 heteroatoms. The van der Waals surface area contributed by atoms with Gasteiger partial charge >= 0.3 is 0 Å². The van der Waals surface area contributed by atoms with Crippen molar-refractivity contribution in [2.45, 2.75) is 10.8 Å². The molecule has 0 aliphatic rings. The summed E-state index contributed by atoms with van der Waals surface area (Å²) in [5.74, 6) is -0.331. The zero-order chi connectivity index (χ0) is 13.2. The van der Waals surface area contributed by atoms with Crippen molar-refractivity contribution in [2.24, 2.45) is 0 Å². The molecule has 2 rings (SSSR count). The van der Waals surface area contributed by atoms with E-state index in [-0.39, 0.29) is 12.4 Å². The Balaban J connectivity index is 2.17. The third-order valence-corrected chi connectivity index (χ3v) is 5.65. The number of thiophene rings is 1. The van der Waals surface area contributed by atoms with Gasteiger partial charge in [0.2, 0.25) is 0 Å². The second-order valence-corrected chi connectivity index (χ2v) is 7.04. The van der Waals surface area contributed by atoms with Crippen LogP contribution in [0.3, 0.4) is 0 Å². The van der Waals surface area contributed by atoms with Gasteiger partial charge in [-0.05, 0) is 29.1 Å². The molecule has 0 bridgehead atoms. The molecule has 3 nitrogen and oxygen atoms in total. The molecule has 96 valence electrons. The summed E-state index contributed by atoms with van der Waals surface area (Å²) in [5, 5.41) is 1.72. The lowest BCUT2D eigenvalue weighted by molar-refractivity contribution is 0.468. The third-order valence-electron chi connectivity index (χ3n) is 2.48. The first-order chi connectivity index (χ1) is 8.50. The molecular weight excluding hydrogens is 273 g/mol. The summed E-state index contributed by atoms with van der Waals surface area (Å²) in [6, 6.07) is 9.07. The molecule has 0 unspecified atom stereocenters. The van der Waals surface area contributed by atoms with Crippen molar-refractivity contribution in [2.75, 3.05) is 7.05 Å². The van der Waals surface area contributed by atoms with Gasteiger partial charge in [0.15, 0.2) is 0 Å². The summed E-state index contributed by atoms with van der Waals surface area (Å²) in [4.78, 5) is 0. The molecule has 0 saturated heterocycles. The number of benzene rings is 1. The van der Waals surface area contributed by atoms with Crippen LogP contribution in [0.25, 0.3) is 0 Å². The average Bonchev–Trinajstić information content (AvgIpc) is 2.86. The smallest absolute Gasteiger partial charge is 0.207 e. The monoisotopic (exact) mass is 285 g/mol. The van der Waals surface area contributed by atoms with Crippen LogP contribution in [-0.2, 0) is 16.6 Å². The van der Waals surface area contributed by atoms with E-state index in [4.69, 9.17) is 0 Å². The first-order valence-electron chi connectivity index (χ1n) is 5.24. The van der Waals surface area contributed by atoms with Gasteiger partial charge in [0.05, 0.1) is 0 Å². The molecule has 0 fully saturated rings. The van der Waals surface area contributed by atoms with Gasteiger partial charge in [0, 0.05) is 13.6 Å². The Morgan fingerprint density at radius 1 is 1.22 bits per heavy atom. The minimum Gasteiger partial charge on any atom is -0.207 e. The first kappa shape index (κ1) is 13.2. The fraction of sp³-hybridized carbons (Fsp3) is 0.167. The van der Waals surface area contributed by atoms with E-state index in [1.807, 2.05) is 0 Å². The van der Waals surface area contributed by atoms with Crippen LogP contribution in [0.2, 0.25) is 0 Å². The molecular formula is C12H12FNO2S2. The standard InChI is InChI=1S/C12H12FNO2S2/c1-14(9-10-4-6-11(13)7-5-10)18(15,16)12-3-2-8-17-12/h2-8H,9H2,1H3. The second kappa shape index (κ2) is 5.17. The Bertz CT molecular complexity index is 606. The minimum absolute atomic E-state index is 0.223. The Kier molecular flexibility index (Phi) is 3.79. The summed E-state index contributed by atoms with van der Waals surface area (Å²) in [5.41, 5.74) is 0.749. The maximum atomic E-state index is 12.8. The molecule has 1 heterocycles. The van der Waals surface area contributed by atoms with Gasteiger partial charge in [-0.25, -0.2) is 12.8 Å². The molecule has 1 aromatic carbocycles. The Labute approximate surface area is 110 Å². The lowest BCUT2D eigenvalue weighted by Crippen LogP contribution is -2.25. The fourth-order valence-corrected chi connectivity index (χ4v) is 3.86. The maximum absolute atomic E-state index is 12.8. The molecule has 18 heavy (non-hydrogen) atoms. The zero-order valence-corrected chi connectivity index (χ0v) is 11.3. The first-order valence-corrected chi connectivity index (χ1v) is 7.56. The van der Waals surface area contributed by atoms with Crippen LogP contribution < -0.4 is 0 Å². The largest absolute Gasteiger partial charge is 0.252 e. The molecule has 0 atom stereocenters. The van der Waals surface area contributed by atoms with Gasteiger partial charge in [0.25, 0.3) is 10.0 Å². The van der Waals surface area contributed by atoms with E-state index in [0.29, 0.717) is 4.21 Å². The topological polar surface area (TPSA) is 37.4 Å². The van der Waals surface area contributed by atoms with Gasteiger partial charge in [-0.15, -0.1) is 11.3 Å². The highest BCUT2D eigenvalue weighted by atomic mass is 32.2. The van der Waals surface area contributed by atoms with Crippen LogP contribution in [0, 0.1) is 5.82 Å². The maximum Gasteiger partial charge on any atom is 0.252 e. The van der Waals surface area contributed by atoms with Crippen LogP contribution in [0.15, 0.2) is 46.0 Å². The highest BCUT2D eigenvalue weighted by Crippen LogP contribution is 2.21. The molecule has 0 aliphatic heterocycles. The van der Waals surface area contributed by atoms with Crippen molar-refractivity contribution in [3.8, 4) is 0 Å². The molecule has 0 amide bonds. The van der Waals surface area contributed by atoms with Crippen LogP contribution in [0.4, 0.5) is 4.39 Å². The predicted molar refractivity (Wildman–Crippen MR) is 69.4 cm³/mol. The van der Waals surface area contributed by atoms with E-state index >= 15 is 0 Å². The number of nitrogens with zero attached hydrogens (tertiary/aromatic N) is 1. The van der Waals surface area contributed by atoms with Gasteiger partial charge < -0.3 is 0 Å². The molecule has 1 aromatic heterocycles. The van der Waals surface area contributed by atoms with Crippen molar-refractivity contribution >= 4 is 21.4 Å². The molecule has 2 aromatic rings. The molecule has 0 spiro atoms. The summed E-state index contributed by atoms with van der Waals surface area (Å²) in [6.45, 7) is 0.223. The van der Waals surface area contributed by atoms with E-state index in [2.05, 4.69) is 0 Å². The Morgan fingerprint density at radius 2 is 1.89 bits per heavy atom. The second-order valence-electron chi connectivity index (χ2n) is 3.82. The number of rotatable bonds is 4.